The summed E-state index contributed by atoms with van der Waals surface area (Å²) >= 11 is 0. The van der Waals surface area contributed by atoms with Crippen LogP contribution in [0.15, 0.2) is 34.7 Å². The minimum Gasteiger partial charge on any atom is -0.462 e. The topological polar surface area (TPSA) is 65.7 Å². The van der Waals surface area contributed by atoms with Gasteiger partial charge in [-0.15, -0.1) is 0 Å². The Hall–Kier alpha value is -2.27. The molecule has 1 aromatic carbocycles. The van der Waals surface area contributed by atoms with Gasteiger partial charge in [-0.1, -0.05) is 6.07 Å². The molecule has 21 heavy (non-hydrogen) atoms. The second-order valence-corrected chi connectivity index (χ2v) is 5.11. The number of carbonyl (C=O) groups excluding carboxylic acids is 1. The molecule has 112 valence electrons. The molecule has 5 nitrogen and oxygen atoms in total. The lowest BCUT2D eigenvalue weighted by Crippen LogP contribution is -2.21. The maximum absolute atomic E-state index is 12.0. The maximum atomic E-state index is 12.0. The number of benzene rings is 1. The highest BCUT2D eigenvalue weighted by atomic mass is 16.4. The second-order valence-electron chi connectivity index (χ2n) is 5.11. The highest BCUT2D eigenvalue weighted by Crippen LogP contribution is 2.19. The normalized spacial score (nSPS) is 10.5. The van der Waals surface area contributed by atoms with Gasteiger partial charge in [0.25, 0.3) is 5.91 Å². The minimum atomic E-state index is -0.105. The van der Waals surface area contributed by atoms with E-state index in [0.717, 1.165) is 17.0 Å². The molecule has 1 heterocycles. The van der Waals surface area contributed by atoms with Crippen molar-refractivity contribution < 1.29 is 14.3 Å². The van der Waals surface area contributed by atoms with Crippen LogP contribution in [0.25, 0.3) is 0 Å². The molecule has 1 amide bonds. The smallest absolute Gasteiger partial charge is 0.253 e. The average Bonchev–Trinajstić information content (AvgIpc) is 2.93. The number of amides is 1. The third-order valence-electron chi connectivity index (χ3n) is 3.22. The van der Waals surface area contributed by atoms with Gasteiger partial charge in [-0.05, 0) is 36.8 Å². The Morgan fingerprint density at radius 3 is 2.57 bits per heavy atom. The lowest BCUT2D eigenvalue weighted by atomic mass is 10.1. The maximum Gasteiger partial charge on any atom is 0.253 e. The Morgan fingerprint density at radius 1 is 1.24 bits per heavy atom. The van der Waals surface area contributed by atoms with Gasteiger partial charge in [-0.2, -0.15) is 0 Å². The highest BCUT2D eigenvalue weighted by molar-refractivity contribution is 5.95. The van der Waals surface area contributed by atoms with E-state index in [1.165, 1.54) is 0 Å². The molecule has 0 saturated heterocycles. The van der Waals surface area contributed by atoms with E-state index in [0.29, 0.717) is 17.9 Å². The molecular formula is C16H20N2O3. The van der Waals surface area contributed by atoms with Crippen molar-refractivity contribution in [3.8, 4) is 0 Å². The Kier molecular flexibility index (Phi) is 4.65. The number of anilines is 1. The summed E-state index contributed by atoms with van der Waals surface area (Å²) in [6, 6.07) is 9.14. The molecule has 0 spiro atoms. The summed E-state index contributed by atoms with van der Waals surface area (Å²) in [7, 11) is 3.46. The van der Waals surface area contributed by atoms with Crippen LogP contribution < -0.4 is 5.32 Å². The van der Waals surface area contributed by atoms with Gasteiger partial charge < -0.3 is 19.7 Å². The van der Waals surface area contributed by atoms with Gasteiger partial charge in [-0.3, -0.25) is 4.79 Å². The SMILES string of the molecule is Cc1ccc(C(=O)N(C)C)cc1NCc1ccc(CO)o1. The molecule has 0 saturated carbocycles. The first-order valence-electron chi connectivity index (χ1n) is 6.76. The first-order chi connectivity index (χ1) is 10.0. The Bertz CT molecular complexity index is 632. The van der Waals surface area contributed by atoms with E-state index >= 15 is 0 Å². The summed E-state index contributed by atoms with van der Waals surface area (Å²) in [5, 5.41) is 12.2. The molecule has 5 heteroatoms. The predicted octanol–water partition coefficient (Wildman–Crippen LogP) is 2.39. The van der Waals surface area contributed by atoms with E-state index in [9.17, 15) is 4.79 Å². The van der Waals surface area contributed by atoms with Crippen LogP contribution in [0.4, 0.5) is 5.69 Å². The van der Waals surface area contributed by atoms with Gasteiger partial charge in [-0.25, -0.2) is 0 Å². The van der Waals surface area contributed by atoms with Crippen molar-refractivity contribution in [3.05, 3.63) is 53.0 Å². The molecule has 0 aliphatic heterocycles. The molecule has 0 bridgehead atoms. The Labute approximate surface area is 124 Å². The van der Waals surface area contributed by atoms with E-state index in [1.54, 1.807) is 25.1 Å². The fourth-order valence-corrected chi connectivity index (χ4v) is 1.99. The van der Waals surface area contributed by atoms with E-state index in [1.807, 2.05) is 31.2 Å². The first kappa shape index (κ1) is 15.1. The van der Waals surface area contributed by atoms with Crippen LogP contribution in [-0.4, -0.2) is 30.0 Å². The molecule has 0 aliphatic carbocycles. The van der Waals surface area contributed by atoms with Crippen molar-refractivity contribution in [3.63, 3.8) is 0 Å². The number of aryl methyl sites for hydroxylation is 1. The largest absolute Gasteiger partial charge is 0.462 e. The number of rotatable bonds is 5. The van der Waals surface area contributed by atoms with Gasteiger partial charge in [0.15, 0.2) is 0 Å². The summed E-state index contributed by atoms with van der Waals surface area (Å²) in [6.45, 7) is 2.37. The van der Waals surface area contributed by atoms with Crippen LogP contribution in [0.1, 0.15) is 27.4 Å². The fraction of sp³-hybridized carbons (Fsp3) is 0.312. The van der Waals surface area contributed by atoms with E-state index in [4.69, 9.17) is 9.52 Å². The van der Waals surface area contributed by atoms with Crippen molar-refractivity contribution in [1.29, 1.82) is 0 Å². The van der Waals surface area contributed by atoms with Crippen LogP contribution in [0.3, 0.4) is 0 Å². The number of carbonyl (C=O) groups is 1. The molecule has 2 N–H and O–H groups in total. The summed E-state index contributed by atoms with van der Waals surface area (Å²) in [6.07, 6.45) is 0. The van der Waals surface area contributed by atoms with Crippen molar-refractivity contribution in [2.24, 2.45) is 0 Å². The number of hydrogen-bond donors (Lipinski definition) is 2. The van der Waals surface area contributed by atoms with Crippen LogP contribution in [0.5, 0.6) is 0 Å². The zero-order chi connectivity index (χ0) is 15.4. The monoisotopic (exact) mass is 288 g/mol. The quantitative estimate of drug-likeness (QED) is 0.886. The highest BCUT2D eigenvalue weighted by Gasteiger charge is 2.10. The van der Waals surface area contributed by atoms with Crippen molar-refractivity contribution in [1.82, 2.24) is 4.90 Å². The summed E-state index contributed by atoms with van der Waals surface area (Å²) in [5.74, 6) is 1.25. The summed E-state index contributed by atoms with van der Waals surface area (Å²) < 4.78 is 5.42. The van der Waals surface area contributed by atoms with Crippen LogP contribution in [0, 0.1) is 6.92 Å². The Balaban J connectivity index is 2.11. The summed E-state index contributed by atoms with van der Waals surface area (Å²) in [5.41, 5.74) is 2.59. The van der Waals surface area contributed by atoms with Gasteiger partial charge >= 0.3 is 0 Å². The first-order valence-corrected chi connectivity index (χ1v) is 6.76. The average molecular weight is 288 g/mol. The number of aliphatic hydroxyl groups excluding tert-OH is 1. The van der Waals surface area contributed by atoms with Crippen molar-refractivity contribution in [2.45, 2.75) is 20.1 Å². The van der Waals surface area contributed by atoms with Gasteiger partial charge in [0.05, 0.1) is 6.54 Å². The van der Waals surface area contributed by atoms with Crippen LogP contribution in [-0.2, 0) is 13.2 Å². The fourth-order valence-electron chi connectivity index (χ4n) is 1.99. The number of furan rings is 1. The van der Waals surface area contributed by atoms with Crippen molar-refractivity contribution in [2.75, 3.05) is 19.4 Å². The summed E-state index contributed by atoms with van der Waals surface area (Å²) in [4.78, 5) is 13.5. The van der Waals surface area contributed by atoms with Gasteiger partial charge in [0.2, 0.25) is 0 Å². The zero-order valence-electron chi connectivity index (χ0n) is 12.5. The van der Waals surface area contributed by atoms with E-state index < -0.39 is 0 Å². The molecule has 0 aliphatic rings. The molecule has 1 aromatic heterocycles. The third kappa shape index (κ3) is 3.64. The van der Waals surface area contributed by atoms with Gasteiger partial charge in [0.1, 0.15) is 18.1 Å². The number of nitrogens with zero attached hydrogens (tertiary/aromatic N) is 1. The van der Waals surface area contributed by atoms with Crippen LogP contribution in [0.2, 0.25) is 0 Å². The minimum absolute atomic E-state index is 0.0291. The lowest BCUT2D eigenvalue weighted by Gasteiger charge is -2.13. The Morgan fingerprint density at radius 2 is 1.95 bits per heavy atom. The van der Waals surface area contributed by atoms with E-state index in [-0.39, 0.29) is 12.5 Å². The van der Waals surface area contributed by atoms with Gasteiger partial charge in [0, 0.05) is 25.3 Å². The third-order valence-corrected chi connectivity index (χ3v) is 3.22. The lowest BCUT2D eigenvalue weighted by molar-refractivity contribution is 0.0827. The number of hydrogen-bond acceptors (Lipinski definition) is 4. The second kappa shape index (κ2) is 6.45. The molecule has 0 radical (unpaired) electrons. The molecule has 2 rings (SSSR count). The van der Waals surface area contributed by atoms with Crippen molar-refractivity contribution >= 4 is 11.6 Å². The number of aliphatic hydroxyl groups is 1. The molecule has 2 aromatic rings. The molecule has 0 unspecified atom stereocenters. The predicted molar refractivity (Wildman–Crippen MR) is 81.2 cm³/mol. The molecule has 0 fully saturated rings. The van der Waals surface area contributed by atoms with E-state index in [2.05, 4.69) is 5.32 Å². The zero-order valence-corrected chi connectivity index (χ0v) is 12.5. The number of nitrogens with one attached hydrogen (secondary N) is 1. The standard InChI is InChI=1S/C16H20N2O3/c1-11-4-5-12(16(20)18(2)3)8-15(11)17-9-13-6-7-14(10-19)21-13/h4-8,17,19H,9-10H2,1-3H3. The van der Waals surface area contributed by atoms with Crippen LogP contribution >= 0.6 is 0 Å². The molecular weight excluding hydrogens is 268 g/mol. The molecule has 0 atom stereocenters.